The van der Waals surface area contributed by atoms with Gasteiger partial charge in [-0.3, -0.25) is 0 Å². The average molecular weight is 410 g/mol. The van der Waals surface area contributed by atoms with E-state index in [1.165, 1.54) is 12.8 Å². The second-order valence-corrected chi connectivity index (χ2v) is 8.43. The van der Waals surface area contributed by atoms with Crippen LogP contribution >= 0.6 is 24.7 Å². The second-order valence-electron chi connectivity index (χ2n) is 6.86. The molecule has 1 rings (SSSR count). The first kappa shape index (κ1) is 30.5. The molecule has 0 unspecified atom stereocenters. The smallest absolute Gasteiger partial charge is 0.0923 e. The summed E-state index contributed by atoms with van der Waals surface area (Å²) in [6, 6.07) is 0. The Bertz CT molecular complexity index is 360. The highest BCUT2D eigenvalue weighted by atomic mass is 32.2. The molecule has 1 heterocycles. The van der Waals surface area contributed by atoms with Crippen LogP contribution in [0.15, 0.2) is 6.20 Å². The van der Waals surface area contributed by atoms with E-state index in [1.807, 2.05) is 25.6 Å². The number of hydrogen-bond donors (Lipinski definition) is 3. The Hall–Kier alpha value is -0.240. The van der Waals surface area contributed by atoms with E-state index in [0.717, 1.165) is 30.4 Å². The van der Waals surface area contributed by atoms with E-state index in [0.29, 0.717) is 5.25 Å². The summed E-state index contributed by atoms with van der Waals surface area (Å²) in [4.78, 5) is 0. The van der Waals surface area contributed by atoms with E-state index >= 15 is 0 Å². The van der Waals surface area contributed by atoms with Crippen molar-refractivity contribution in [1.82, 2.24) is 15.4 Å². The summed E-state index contributed by atoms with van der Waals surface area (Å²) >= 11 is 4.39. The molecule has 1 aromatic heterocycles. The fourth-order valence-corrected chi connectivity index (χ4v) is 2.44. The highest BCUT2D eigenvalue weighted by molar-refractivity contribution is 7.99. The van der Waals surface area contributed by atoms with Crippen molar-refractivity contribution < 1.29 is 9.29 Å². The van der Waals surface area contributed by atoms with Crippen LogP contribution in [0.25, 0.3) is 0 Å². The molecule has 7 heteroatoms. The Balaban J connectivity index is -0.000000344. The lowest BCUT2D eigenvalue weighted by Gasteiger charge is -2.25. The van der Waals surface area contributed by atoms with Crippen molar-refractivity contribution in [3.63, 3.8) is 0 Å². The maximum atomic E-state index is 6.69. The average Bonchev–Trinajstić information content (AvgIpc) is 3.10. The van der Waals surface area contributed by atoms with Crippen molar-refractivity contribution in [2.45, 2.75) is 98.2 Å². The molecule has 26 heavy (non-hydrogen) atoms. The van der Waals surface area contributed by atoms with Crippen molar-refractivity contribution in [3.8, 4) is 0 Å². The number of hydrogen-bond acceptors (Lipinski definition) is 6. The molecule has 0 spiro atoms. The lowest BCUT2D eigenvalue weighted by Crippen LogP contribution is -2.24. The summed E-state index contributed by atoms with van der Waals surface area (Å²) in [6.07, 6.45) is 5.29. The van der Waals surface area contributed by atoms with Gasteiger partial charge >= 0.3 is 0 Å². The standard InChI is InChI=1S/C11H24O.C6H11N3S.C2H6.H2OS/c1-6-8-11(4,5)12-9-7-10(2)3;1-5(2)10-4-6-3-7-9-8-6;2*1-2/h10H,6-9H2,1-5H3;3,5H,4H2,1-2H3,(H,7,8,9);1-2H3;1-2H. The minimum Gasteiger partial charge on any atom is -0.376 e. The van der Waals surface area contributed by atoms with E-state index in [9.17, 15) is 0 Å². The molecule has 0 aromatic carbocycles. The van der Waals surface area contributed by atoms with Gasteiger partial charge in [0.2, 0.25) is 0 Å². The van der Waals surface area contributed by atoms with Crippen LogP contribution in [0.1, 0.15) is 87.3 Å². The van der Waals surface area contributed by atoms with Gasteiger partial charge in [0.25, 0.3) is 0 Å². The van der Waals surface area contributed by atoms with E-state index in [-0.39, 0.29) is 5.60 Å². The van der Waals surface area contributed by atoms with Crippen molar-refractivity contribution in [1.29, 1.82) is 0 Å². The summed E-state index contributed by atoms with van der Waals surface area (Å²) in [7, 11) is 0. The minimum atomic E-state index is 0.0869. The fourth-order valence-electron chi connectivity index (χ4n) is 1.79. The van der Waals surface area contributed by atoms with E-state index < -0.39 is 0 Å². The molecule has 0 radical (unpaired) electrons. The van der Waals surface area contributed by atoms with Crippen molar-refractivity contribution in [2.75, 3.05) is 6.61 Å². The predicted octanol–water partition coefficient (Wildman–Crippen LogP) is 6.49. The summed E-state index contributed by atoms with van der Waals surface area (Å²) in [6.45, 7) is 20.3. The van der Waals surface area contributed by atoms with Crippen LogP contribution in [-0.2, 0) is 10.5 Å². The number of aromatic nitrogens is 3. The Morgan fingerprint density at radius 1 is 1.23 bits per heavy atom. The number of thiol groups is 1. The summed E-state index contributed by atoms with van der Waals surface area (Å²) in [5.41, 5.74) is 1.11. The molecule has 0 aliphatic carbocycles. The Morgan fingerprint density at radius 3 is 2.19 bits per heavy atom. The maximum absolute atomic E-state index is 6.69. The first-order valence-electron chi connectivity index (χ1n) is 9.57. The SMILES string of the molecule is CC.CC(C)SCc1cn[nH]n1.CCCC(C)(C)OCCC(C)C.OS. The van der Waals surface area contributed by atoms with E-state index in [1.54, 1.807) is 6.20 Å². The third-order valence-electron chi connectivity index (χ3n) is 3.07. The summed E-state index contributed by atoms with van der Waals surface area (Å²) in [5.74, 6) is 1.70. The quantitative estimate of drug-likeness (QED) is 0.321. The van der Waals surface area contributed by atoms with Gasteiger partial charge in [-0.1, -0.05) is 54.9 Å². The van der Waals surface area contributed by atoms with Gasteiger partial charge in [-0.05, 0) is 50.8 Å². The first-order chi connectivity index (χ1) is 12.3. The highest BCUT2D eigenvalue weighted by Crippen LogP contribution is 2.17. The molecule has 158 valence electrons. The molecule has 0 aliphatic rings. The van der Waals surface area contributed by atoms with Gasteiger partial charge in [0, 0.05) is 12.4 Å². The minimum absolute atomic E-state index is 0.0869. The van der Waals surface area contributed by atoms with Gasteiger partial charge in [-0.15, -0.1) is 0 Å². The number of nitrogens with zero attached hydrogens (tertiary/aromatic N) is 2. The second kappa shape index (κ2) is 21.1. The van der Waals surface area contributed by atoms with Gasteiger partial charge in [-0.2, -0.15) is 27.2 Å². The van der Waals surface area contributed by atoms with Crippen LogP contribution in [0.2, 0.25) is 0 Å². The number of ether oxygens (including phenoxy) is 1. The van der Waals surface area contributed by atoms with Crippen molar-refractivity contribution in [3.05, 3.63) is 11.9 Å². The molecule has 0 atom stereocenters. The monoisotopic (exact) mass is 409 g/mol. The Morgan fingerprint density at radius 2 is 1.81 bits per heavy atom. The van der Waals surface area contributed by atoms with Crippen LogP contribution in [0.3, 0.4) is 0 Å². The Labute approximate surface area is 172 Å². The zero-order chi connectivity index (χ0) is 21.0. The van der Waals surface area contributed by atoms with Crippen LogP contribution < -0.4 is 0 Å². The number of nitrogens with one attached hydrogen (secondary N) is 1. The predicted molar refractivity (Wildman–Crippen MR) is 120 cm³/mol. The molecular weight excluding hydrogens is 366 g/mol. The molecule has 0 aliphatic heterocycles. The Kier molecular flexibility index (Phi) is 24.7. The fraction of sp³-hybridized carbons (Fsp3) is 0.895. The number of rotatable bonds is 9. The number of H-pyrrole nitrogens is 1. The van der Waals surface area contributed by atoms with Gasteiger partial charge in [0.05, 0.1) is 17.5 Å². The topological polar surface area (TPSA) is 71.0 Å². The zero-order valence-corrected chi connectivity index (χ0v) is 20.1. The zero-order valence-electron chi connectivity index (χ0n) is 18.4. The molecule has 0 amide bonds. The summed E-state index contributed by atoms with van der Waals surface area (Å²) in [5, 5.41) is 10.9. The molecule has 0 saturated carbocycles. The molecule has 2 N–H and O–H groups in total. The van der Waals surface area contributed by atoms with Gasteiger partial charge < -0.3 is 9.29 Å². The normalized spacial score (nSPS) is 10.3. The van der Waals surface area contributed by atoms with Gasteiger partial charge in [0.15, 0.2) is 0 Å². The number of aromatic amines is 1. The van der Waals surface area contributed by atoms with Crippen LogP contribution in [-0.4, -0.2) is 37.4 Å². The van der Waals surface area contributed by atoms with Crippen LogP contribution in [0, 0.1) is 5.92 Å². The van der Waals surface area contributed by atoms with Crippen LogP contribution in [0.4, 0.5) is 0 Å². The van der Waals surface area contributed by atoms with Gasteiger partial charge in [-0.25, -0.2) is 0 Å². The van der Waals surface area contributed by atoms with Crippen molar-refractivity contribution >= 4 is 24.7 Å². The third-order valence-corrected chi connectivity index (χ3v) is 4.20. The molecule has 0 fully saturated rings. The third kappa shape index (κ3) is 23.8. The molecular formula is C19H43N3O2S2. The van der Waals surface area contributed by atoms with E-state index in [2.05, 4.69) is 76.8 Å². The molecule has 5 nitrogen and oxygen atoms in total. The summed E-state index contributed by atoms with van der Waals surface area (Å²) < 4.78 is 12.5. The lowest BCUT2D eigenvalue weighted by molar-refractivity contribution is -0.0281. The molecule has 1 aromatic rings. The lowest BCUT2D eigenvalue weighted by atomic mass is 10.0. The highest BCUT2D eigenvalue weighted by Gasteiger charge is 2.16. The van der Waals surface area contributed by atoms with Crippen molar-refractivity contribution in [2.24, 2.45) is 5.92 Å². The largest absolute Gasteiger partial charge is 0.376 e. The van der Waals surface area contributed by atoms with Crippen LogP contribution in [0.5, 0.6) is 0 Å². The first-order valence-corrected chi connectivity index (χ1v) is 11.0. The molecule has 0 saturated heterocycles. The molecule has 0 bridgehead atoms. The van der Waals surface area contributed by atoms with Gasteiger partial charge in [0.1, 0.15) is 0 Å². The number of thioether (sulfide) groups is 1. The maximum Gasteiger partial charge on any atom is 0.0923 e. The van der Waals surface area contributed by atoms with E-state index in [4.69, 9.17) is 9.29 Å².